The highest BCUT2D eigenvalue weighted by Gasteiger charge is 2.24. The third kappa shape index (κ3) is 27.2. The maximum absolute atomic E-state index is 12.4. The normalized spacial score (nSPS) is 13.6. The van der Waals surface area contributed by atoms with Crippen molar-refractivity contribution in [3.63, 3.8) is 0 Å². The lowest BCUT2D eigenvalue weighted by Gasteiger charge is -2.19. The van der Waals surface area contributed by atoms with E-state index in [9.17, 15) is 19.0 Å². The van der Waals surface area contributed by atoms with Crippen LogP contribution in [0.5, 0.6) is 0 Å². The third-order valence-electron chi connectivity index (χ3n) is 7.10. The fraction of sp³-hybridized carbons (Fsp3) is 0.935. The second-order valence-electron chi connectivity index (χ2n) is 11.0. The van der Waals surface area contributed by atoms with E-state index >= 15 is 0 Å². The van der Waals surface area contributed by atoms with E-state index in [-0.39, 0.29) is 19.0 Å². The van der Waals surface area contributed by atoms with E-state index in [1.807, 2.05) is 0 Å². The lowest BCUT2D eigenvalue weighted by molar-refractivity contribution is -0.161. The van der Waals surface area contributed by atoms with Crippen molar-refractivity contribution in [1.82, 2.24) is 0 Å². The van der Waals surface area contributed by atoms with Crippen molar-refractivity contribution in [2.24, 2.45) is 0 Å². The molecular formula is C31H61O8P. The van der Waals surface area contributed by atoms with Gasteiger partial charge in [-0.2, -0.15) is 0 Å². The first kappa shape index (κ1) is 39.0. The maximum Gasteiger partial charge on any atom is 0.472 e. The summed E-state index contributed by atoms with van der Waals surface area (Å²) in [6, 6.07) is 0. The number of phosphoric acid groups is 1. The number of carbonyl (C=O) groups excluding carboxylic acids is 2. The third-order valence-corrected chi connectivity index (χ3v) is 8.04. The summed E-state index contributed by atoms with van der Waals surface area (Å²) in [7, 11) is -3.18. The molecule has 0 aromatic carbocycles. The molecule has 40 heavy (non-hydrogen) atoms. The molecule has 0 radical (unpaired) electrons. The number of carbonyl (C=O) groups is 2. The van der Waals surface area contributed by atoms with Gasteiger partial charge in [0.05, 0.1) is 6.61 Å². The van der Waals surface area contributed by atoms with Crippen LogP contribution in [0.3, 0.4) is 0 Å². The van der Waals surface area contributed by atoms with Gasteiger partial charge in [0.1, 0.15) is 6.61 Å². The van der Waals surface area contributed by atoms with Gasteiger partial charge in [-0.1, -0.05) is 136 Å². The molecule has 0 saturated carbocycles. The van der Waals surface area contributed by atoms with Gasteiger partial charge < -0.3 is 14.4 Å². The van der Waals surface area contributed by atoms with Crippen molar-refractivity contribution in [1.29, 1.82) is 0 Å². The van der Waals surface area contributed by atoms with E-state index in [0.717, 1.165) is 45.6 Å². The molecule has 0 amide bonds. The highest BCUT2D eigenvalue weighted by molar-refractivity contribution is 7.47. The van der Waals surface area contributed by atoms with Crippen molar-refractivity contribution in [2.75, 3.05) is 20.3 Å². The highest BCUT2D eigenvalue weighted by Crippen LogP contribution is 2.42. The molecule has 0 aromatic rings. The van der Waals surface area contributed by atoms with Crippen molar-refractivity contribution in [3.8, 4) is 0 Å². The molecule has 0 aromatic heterocycles. The van der Waals surface area contributed by atoms with Crippen LogP contribution in [-0.4, -0.2) is 43.3 Å². The van der Waals surface area contributed by atoms with Gasteiger partial charge in [-0.15, -0.1) is 0 Å². The Bertz CT molecular complexity index is 643. The molecule has 2 atom stereocenters. The standard InChI is InChI=1S/C31H61O8P/c1-4-6-8-10-12-14-15-16-17-18-20-22-24-26-31(33)39-29(28-38-40(34,35)36-3)27-37-30(32)25-23-21-19-13-11-9-7-5-2/h29H,4-28H2,1-3H3,(H,34,35)/t29-/m1/s1. The van der Waals surface area contributed by atoms with Gasteiger partial charge >= 0.3 is 19.8 Å². The minimum absolute atomic E-state index is 0.218. The molecule has 0 saturated heterocycles. The van der Waals surface area contributed by atoms with Crippen LogP contribution >= 0.6 is 7.82 Å². The fourth-order valence-electron chi connectivity index (χ4n) is 4.54. The quantitative estimate of drug-likeness (QED) is 0.0499. The number of hydrogen-bond acceptors (Lipinski definition) is 7. The SMILES string of the molecule is CCCCCCCCCCCCCCCC(=O)O[C@H](COC(=O)CCCCCCCCCC)COP(=O)(O)OC. The number of rotatable bonds is 30. The molecule has 0 spiro atoms. The second-order valence-corrected chi connectivity index (χ2v) is 12.5. The van der Waals surface area contributed by atoms with Crippen LogP contribution in [-0.2, 0) is 32.7 Å². The summed E-state index contributed by atoms with van der Waals surface area (Å²) >= 11 is 0. The van der Waals surface area contributed by atoms with Gasteiger partial charge in [0.2, 0.25) is 0 Å². The van der Waals surface area contributed by atoms with Gasteiger partial charge in [-0.25, -0.2) is 4.57 Å². The van der Waals surface area contributed by atoms with Crippen molar-refractivity contribution >= 4 is 19.8 Å². The van der Waals surface area contributed by atoms with Crippen molar-refractivity contribution in [3.05, 3.63) is 0 Å². The predicted molar refractivity (Wildman–Crippen MR) is 161 cm³/mol. The molecule has 0 aliphatic carbocycles. The molecule has 1 N–H and O–H groups in total. The van der Waals surface area contributed by atoms with E-state index in [2.05, 4.69) is 18.4 Å². The first-order valence-electron chi connectivity index (χ1n) is 16.2. The molecule has 8 nitrogen and oxygen atoms in total. The van der Waals surface area contributed by atoms with Crippen LogP contribution < -0.4 is 0 Å². The van der Waals surface area contributed by atoms with E-state index in [1.165, 1.54) is 96.3 Å². The monoisotopic (exact) mass is 592 g/mol. The van der Waals surface area contributed by atoms with Gasteiger partial charge in [0, 0.05) is 20.0 Å². The number of ether oxygens (including phenoxy) is 2. The Hall–Kier alpha value is -0.950. The molecule has 0 aliphatic rings. The Labute approximate surface area is 245 Å². The fourth-order valence-corrected chi connectivity index (χ4v) is 5.00. The summed E-state index contributed by atoms with van der Waals surface area (Å²) in [5, 5.41) is 0. The van der Waals surface area contributed by atoms with Crippen molar-refractivity contribution < 1.29 is 37.6 Å². The number of phosphoric ester groups is 1. The average Bonchev–Trinajstić information content (AvgIpc) is 2.94. The van der Waals surface area contributed by atoms with E-state index in [1.54, 1.807) is 0 Å². The molecule has 238 valence electrons. The van der Waals surface area contributed by atoms with Crippen LogP contribution in [0.4, 0.5) is 0 Å². The maximum atomic E-state index is 12.4. The number of unbranched alkanes of at least 4 members (excludes halogenated alkanes) is 19. The molecule has 0 heterocycles. The molecule has 0 fully saturated rings. The summed E-state index contributed by atoms with van der Waals surface area (Å²) < 4.78 is 31.6. The lowest BCUT2D eigenvalue weighted by Crippen LogP contribution is -2.29. The summed E-state index contributed by atoms with van der Waals surface area (Å²) in [5.41, 5.74) is 0. The van der Waals surface area contributed by atoms with E-state index < -0.39 is 26.5 Å². The first-order chi connectivity index (χ1) is 19.3. The summed E-state index contributed by atoms with van der Waals surface area (Å²) in [5.74, 6) is -0.802. The molecule has 0 rings (SSSR count). The second kappa shape index (κ2) is 28.2. The number of esters is 2. The zero-order valence-electron chi connectivity index (χ0n) is 26.0. The molecule has 9 heteroatoms. The van der Waals surface area contributed by atoms with Crippen LogP contribution in [0.25, 0.3) is 0 Å². The smallest absolute Gasteiger partial charge is 0.462 e. The topological polar surface area (TPSA) is 108 Å². The molecule has 1 unspecified atom stereocenters. The Balaban J connectivity index is 4.10. The average molecular weight is 593 g/mol. The molecule has 0 aliphatic heterocycles. The number of hydrogen-bond donors (Lipinski definition) is 1. The van der Waals surface area contributed by atoms with E-state index in [0.29, 0.717) is 6.42 Å². The van der Waals surface area contributed by atoms with Crippen LogP contribution in [0, 0.1) is 0 Å². The minimum atomic E-state index is -4.24. The largest absolute Gasteiger partial charge is 0.472 e. The van der Waals surface area contributed by atoms with E-state index in [4.69, 9.17) is 14.0 Å². The van der Waals surface area contributed by atoms with Gasteiger partial charge in [0.15, 0.2) is 6.10 Å². The summed E-state index contributed by atoms with van der Waals surface area (Å²) in [6.07, 6.45) is 24.5. The minimum Gasteiger partial charge on any atom is -0.462 e. The zero-order chi connectivity index (χ0) is 29.7. The predicted octanol–water partition coefficient (Wildman–Crippen LogP) is 9.22. The van der Waals surface area contributed by atoms with Gasteiger partial charge in [-0.3, -0.25) is 18.6 Å². The van der Waals surface area contributed by atoms with Crippen molar-refractivity contribution in [2.45, 2.75) is 168 Å². The Morgan fingerprint density at radius 1 is 0.600 bits per heavy atom. The summed E-state index contributed by atoms with van der Waals surface area (Å²) in [6.45, 7) is 3.83. The van der Waals surface area contributed by atoms with Crippen LogP contribution in [0.1, 0.15) is 162 Å². The Morgan fingerprint density at radius 2 is 0.975 bits per heavy atom. The van der Waals surface area contributed by atoms with Crippen LogP contribution in [0.15, 0.2) is 0 Å². The molecule has 0 bridgehead atoms. The molecular weight excluding hydrogens is 531 g/mol. The highest BCUT2D eigenvalue weighted by atomic mass is 31.2. The lowest BCUT2D eigenvalue weighted by atomic mass is 10.0. The first-order valence-corrected chi connectivity index (χ1v) is 17.7. The summed E-state index contributed by atoms with van der Waals surface area (Å²) in [4.78, 5) is 34.0. The zero-order valence-corrected chi connectivity index (χ0v) is 26.9. The van der Waals surface area contributed by atoms with Crippen LogP contribution in [0.2, 0.25) is 0 Å². The Morgan fingerprint density at radius 3 is 1.38 bits per heavy atom. The van der Waals surface area contributed by atoms with Gasteiger partial charge in [-0.05, 0) is 12.8 Å². The Kier molecular flexibility index (Phi) is 27.5. The van der Waals surface area contributed by atoms with Gasteiger partial charge in [0.25, 0.3) is 0 Å².